The summed E-state index contributed by atoms with van der Waals surface area (Å²) in [5.41, 5.74) is 2.71. The van der Waals surface area contributed by atoms with Gasteiger partial charge in [-0.1, -0.05) is 12.1 Å². The minimum atomic E-state index is -0.447. The fourth-order valence-corrected chi connectivity index (χ4v) is 3.41. The molecule has 0 N–H and O–H groups in total. The Bertz CT molecular complexity index is 854. The number of rotatable bonds is 6. The van der Waals surface area contributed by atoms with Gasteiger partial charge in [0.05, 0.1) is 34.0 Å². The summed E-state index contributed by atoms with van der Waals surface area (Å²) in [5, 5.41) is 0. The molecule has 0 amide bonds. The van der Waals surface area contributed by atoms with Crippen molar-refractivity contribution >= 4 is 5.57 Å². The van der Waals surface area contributed by atoms with Crippen molar-refractivity contribution in [1.29, 1.82) is 0 Å². The molecule has 0 radical (unpaired) electrons. The van der Waals surface area contributed by atoms with Crippen molar-refractivity contribution in [3.05, 3.63) is 53.6 Å². The summed E-state index contributed by atoms with van der Waals surface area (Å²) >= 11 is 0. The minimum Gasteiger partial charge on any atom is -0.493 e. The van der Waals surface area contributed by atoms with E-state index in [1.54, 1.807) is 28.4 Å². The zero-order chi connectivity index (χ0) is 19.6. The second-order valence-electron chi connectivity index (χ2n) is 6.81. The third kappa shape index (κ3) is 3.60. The van der Waals surface area contributed by atoms with Gasteiger partial charge in [0.15, 0.2) is 23.0 Å². The molecular formula is C22H26O5. The molecule has 1 heterocycles. The largest absolute Gasteiger partial charge is 0.493 e. The second kappa shape index (κ2) is 7.53. The van der Waals surface area contributed by atoms with Gasteiger partial charge in [0.2, 0.25) is 0 Å². The van der Waals surface area contributed by atoms with E-state index in [1.165, 1.54) is 0 Å². The fourth-order valence-electron chi connectivity index (χ4n) is 3.41. The van der Waals surface area contributed by atoms with E-state index in [0.29, 0.717) is 23.0 Å². The smallest absolute Gasteiger partial charge is 0.161 e. The van der Waals surface area contributed by atoms with E-state index in [9.17, 15) is 0 Å². The van der Waals surface area contributed by atoms with Crippen LogP contribution in [0.25, 0.3) is 5.57 Å². The summed E-state index contributed by atoms with van der Waals surface area (Å²) in [6, 6.07) is 11.8. The van der Waals surface area contributed by atoms with Crippen molar-refractivity contribution in [2.45, 2.75) is 25.6 Å². The maximum absolute atomic E-state index is 6.34. The molecule has 0 saturated carbocycles. The molecule has 2 aromatic carbocycles. The highest BCUT2D eigenvalue weighted by Gasteiger charge is 2.36. The first-order chi connectivity index (χ1) is 12.9. The Morgan fingerprint density at radius 3 is 1.89 bits per heavy atom. The Morgan fingerprint density at radius 1 is 0.741 bits per heavy atom. The summed E-state index contributed by atoms with van der Waals surface area (Å²) in [7, 11) is 6.53. The topological polar surface area (TPSA) is 46.2 Å². The molecule has 0 fully saturated rings. The molecule has 3 rings (SSSR count). The van der Waals surface area contributed by atoms with Crippen LogP contribution < -0.4 is 18.9 Å². The first-order valence-electron chi connectivity index (χ1n) is 8.78. The van der Waals surface area contributed by atoms with Crippen LogP contribution in [-0.4, -0.2) is 34.0 Å². The van der Waals surface area contributed by atoms with E-state index >= 15 is 0 Å². The van der Waals surface area contributed by atoms with Gasteiger partial charge in [-0.2, -0.15) is 0 Å². The zero-order valence-electron chi connectivity index (χ0n) is 16.7. The van der Waals surface area contributed by atoms with Crippen LogP contribution in [0.3, 0.4) is 0 Å². The normalized spacial score (nSPS) is 18.0. The molecule has 0 spiro atoms. The molecule has 144 valence electrons. The van der Waals surface area contributed by atoms with Gasteiger partial charge in [-0.05, 0) is 60.9 Å². The van der Waals surface area contributed by atoms with Crippen molar-refractivity contribution in [2.75, 3.05) is 28.4 Å². The predicted octanol–water partition coefficient (Wildman–Crippen LogP) is 4.65. The second-order valence-corrected chi connectivity index (χ2v) is 6.81. The average Bonchev–Trinajstić information content (AvgIpc) is 3.01. The van der Waals surface area contributed by atoms with Gasteiger partial charge in [-0.15, -0.1) is 0 Å². The van der Waals surface area contributed by atoms with Crippen molar-refractivity contribution in [3.8, 4) is 23.0 Å². The molecule has 0 aromatic heterocycles. The molecule has 5 heteroatoms. The molecule has 0 aliphatic carbocycles. The maximum atomic E-state index is 6.34. The molecule has 5 nitrogen and oxygen atoms in total. The highest BCUT2D eigenvalue weighted by atomic mass is 16.5. The first kappa shape index (κ1) is 19.1. The van der Waals surface area contributed by atoms with E-state index < -0.39 is 5.60 Å². The van der Waals surface area contributed by atoms with Crippen LogP contribution in [0.4, 0.5) is 0 Å². The summed E-state index contributed by atoms with van der Waals surface area (Å²) < 4.78 is 27.9. The highest BCUT2D eigenvalue weighted by Crippen LogP contribution is 2.45. The monoisotopic (exact) mass is 370 g/mol. The van der Waals surface area contributed by atoms with E-state index in [1.807, 2.05) is 36.4 Å². The number of hydrogen-bond donors (Lipinski definition) is 0. The summed E-state index contributed by atoms with van der Waals surface area (Å²) in [4.78, 5) is 0. The average molecular weight is 370 g/mol. The van der Waals surface area contributed by atoms with Crippen LogP contribution in [0.2, 0.25) is 0 Å². The predicted molar refractivity (Wildman–Crippen MR) is 105 cm³/mol. The van der Waals surface area contributed by atoms with Crippen molar-refractivity contribution < 1.29 is 23.7 Å². The molecule has 1 atom stereocenters. The summed E-state index contributed by atoms with van der Waals surface area (Å²) in [6.45, 7) is 4.13. The van der Waals surface area contributed by atoms with Crippen LogP contribution >= 0.6 is 0 Å². The number of benzene rings is 2. The van der Waals surface area contributed by atoms with Gasteiger partial charge in [0, 0.05) is 0 Å². The summed E-state index contributed by atoms with van der Waals surface area (Å²) in [5.74, 6) is 2.78. The zero-order valence-corrected chi connectivity index (χ0v) is 16.7. The van der Waals surface area contributed by atoms with Gasteiger partial charge in [-0.25, -0.2) is 0 Å². The highest BCUT2D eigenvalue weighted by molar-refractivity contribution is 5.75. The van der Waals surface area contributed by atoms with Gasteiger partial charge in [-0.3, -0.25) is 0 Å². The third-order valence-corrected chi connectivity index (χ3v) is 4.82. The van der Waals surface area contributed by atoms with Gasteiger partial charge in [0.25, 0.3) is 0 Å². The minimum absolute atomic E-state index is 0.178. The molecule has 1 aliphatic heterocycles. The Balaban J connectivity index is 1.99. The quantitative estimate of drug-likeness (QED) is 0.740. The van der Waals surface area contributed by atoms with Crippen molar-refractivity contribution in [3.63, 3.8) is 0 Å². The molecular weight excluding hydrogens is 344 g/mol. The Morgan fingerprint density at radius 2 is 1.30 bits per heavy atom. The van der Waals surface area contributed by atoms with E-state index in [0.717, 1.165) is 16.7 Å². The Hall–Kier alpha value is -2.66. The number of methoxy groups -OCH3 is 4. The van der Waals surface area contributed by atoms with Crippen molar-refractivity contribution in [1.82, 2.24) is 0 Å². The van der Waals surface area contributed by atoms with E-state index in [4.69, 9.17) is 23.7 Å². The standard InChI is InChI=1S/C22H26O5/c1-22(2)16(14-7-9-17(23-3)20(11-14)25-5)13-19(27-22)15-8-10-18(24-4)21(12-15)26-6/h7-13,19H,1-6H3. The van der Waals surface area contributed by atoms with E-state index in [-0.39, 0.29) is 6.10 Å². The molecule has 2 aromatic rings. The number of hydrogen-bond acceptors (Lipinski definition) is 5. The molecule has 27 heavy (non-hydrogen) atoms. The molecule has 1 aliphatic rings. The van der Waals surface area contributed by atoms with Crippen LogP contribution in [-0.2, 0) is 4.74 Å². The van der Waals surface area contributed by atoms with Crippen LogP contribution in [0, 0.1) is 0 Å². The number of ether oxygens (including phenoxy) is 5. The lowest BCUT2D eigenvalue weighted by Crippen LogP contribution is -2.22. The van der Waals surface area contributed by atoms with Gasteiger partial charge < -0.3 is 23.7 Å². The van der Waals surface area contributed by atoms with Crippen LogP contribution in [0.1, 0.15) is 31.1 Å². The third-order valence-electron chi connectivity index (χ3n) is 4.82. The lowest BCUT2D eigenvalue weighted by atomic mass is 9.91. The first-order valence-corrected chi connectivity index (χ1v) is 8.78. The van der Waals surface area contributed by atoms with Gasteiger partial charge in [0.1, 0.15) is 6.10 Å². The maximum Gasteiger partial charge on any atom is 0.161 e. The molecule has 0 saturated heterocycles. The molecule has 0 bridgehead atoms. The van der Waals surface area contributed by atoms with Crippen LogP contribution in [0.5, 0.6) is 23.0 Å². The Labute approximate surface area is 160 Å². The summed E-state index contributed by atoms with van der Waals surface area (Å²) in [6.07, 6.45) is 1.96. The Kier molecular flexibility index (Phi) is 5.33. The van der Waals surface area contributed by atoms with Gasteiger partial charge >= 0.3 is 0 Å². The lowest BCUT2D eigenvalue weighted by molar-refractivity contribution is 0.00562. The lowest BCUT2D eigenvalue weighted by Gasteiger charge is -2.25. The van der Waals surface area contributed by atoms with Crippen LogP contribution in [0.15, 0.2) is 42.5 Å². The SMILES string of the molecule is COc1ccc(C2=CC(c3ccc(OC)c(OC)c3)OC2(C)C)cc1OC. The van der Waals surface area contributed by atoms with E-state index in [2.05, 4.69) is 19.9 Å². The molecule has 1 unspecified atom stereocenters. The van der Waals surface area contributed by atoms with Crippen molar-refractivity contribution in [2.24, 2.45) is 0 Å². The fraction of sp³-hybridized carbons (Fsp3) is 0.364.